The van der Waals surface area contributed by atoms with Gasteiger partial charge in [-0.15, -0.1) is 0 Å². The molecule has 10 heteroatoms. The lowest BCUT2D eigenvalue weighted by Crippen LogP contribution is -2.41. The predicted molar refractivity (Wildman–Crippen MR) is 187 cm³/mol. The number of nitrogens with zero attached hydrogens (tertiary/aromatic N) is 1. The number of likely N-dealkylation sites (tertiary alicyclic amines) is 1. The maximum atomic E-state index is 14.1. The highest BCUT2D eigenvalue weighted by molar-refractivity contribution is 6.21. The molecule has 6 rings (SSSR count). The molecule has 252 valence electrons. The van der Waals surface area contributed by atoms with Crippen LogP contribution in [-0.2, 0) is 4.74 Å². The maximum Gasteiger partial charge on any atom is 0.214 e. The summed E-state index contributed by atoms with van der Waals surface area (Å²) in [4.78, 5) is 19.5. The topological polar surface area (TPSA) is 126 Å². The van der Waals surface area contributed by atoms with Gasteiger partial charge in [0, 0.05) is 55.2 Å². The highest BCUT2D eigenvalue weighted by atomic mass is 19.1. The van der Waals surface area contributed by atoms with Crippen molar-refractivity contribution >= 4 is 28.6 Å². The van der Waals surface area contributed by atoms with Crippen LogP contribution in [0.2, 0.25) is 0 Å². The first-order chi connectivity index (χ1) is 23.2. The monoisotopic (exact) mass is 653 g/mol. The number of nitrogens with two attached hydrogens (primary N) is 1. The number of benzene rings is 3. The molecule has 3 heterocycles. The quantitative estimate of drug-likeness (QED) is 0.0744. The van der Waals surface area contributed by atoms with Gasteiger partial charge in [0.15, 0.2) is 11.6 Å². The number of aryl methyl sites for hydroxylation is 1. The molecule has 0 amide bonds. The van der Waals surface area contributed by atoms with Crippen LogP contribution in [0.15, 0.2) is 72.1 Å². The van der Waals surface area contributed by atoms with Crippen LogP contribution in [-0.4, -0.2) is 60.3 Å². The number of fused-ring (bicyclic) bond motifs is 1. The molecule has 2 saturated heterocycles. The minimum atomic E-state index is -0.455. The molecular formula is C38H44FN5O4. The van der Waals surface area contributed by atoms with Crippen LogP contribution in [0, 0.1) is 18.2 Å². The van der Waals surface area contributed by atoms with Crippen molar-refractivity contribution in [1.29, 1.82) is 5.41 Å². The van der Waals surface area contributed by atoms with Gasteiger partial charge in [-0.25, -0.2) is 4.39 Å². The van der Waals surface area contributed by atoms with E-state index in [1.807, 2.05) is 13.0 Å². The van der Waals surface area contributed by atoms with Gasteiger partial charge in [-0.2, -0.15) is 0 Å². The molecule has 0 atom stereocenters. The lowest BCUT2D eigenvalue weighted by atomic mass is 9.90. The highest BCUT2D eigenvalue weighted by Crippen LogP contribution is 2.38. The number of para-hydroxylation sites is 1. The van der Waals surface area contributed by atoms with E-state index in [1.54, 1.807) is 42.5 Å². The van der Waals surface area contributed by atoms with E-state index < -0.39 is 11.6 Å². The van der Waals surface area contributed by atoms with E-state index in [1.165, 1.54) is 6.07 Å². The number of carbonyl (C=O) groups is 1. The molecule has 0 radical (unpaired) electrons. The van der Waals surface area contributed by atoms with Crippen LogP contribution < -0.4 is 20.5 Å². The molecule has 9 nitrogen and oxygen atoms in total. The summed E-state index contributed by atoms with van der Waals surface area (Å²) in [5, 5.41) is 12.0. The Morgan fingerprint density at radius 3 is 2.48 bits per heavy atom. The molecule has 0 saturated carbocycles. The van der Waals surface area contributed by atoms with Gasteiger partial charge in [-0.05, 0) is 112 Å². The van der Waals surface area contributed by atoms with Crippen LogP contribution in [0.4, 0.5) is 10.1 Å². The lowest BCUT2D eigenvalue weighted by Gasteiger charge is -2.35. The number of Topliss-reactive ketones (excluding diaryl/α,β-unsaturated/α-hetero) is 1. The molecule has 2 aliphatic rings. The van der Waals surface area contributed by atoms with Crippen molar-refractivity contribution in [2.24, 2.45) is 5.73 Å². The molecule has 2 aliphatic heterocycles. The van der Waals surface area contributed by atoms with Crippen LogP contribution in [0.5, 0.6) is 17.2 Å². The number of piperidine rings is 1. The van der Waals surface area contributed by atoms with E-state index in [9.17, 15) is 9.18 Å². The van der Waals surface area contributed by atoms with Crippen molar-refractivity contribution < 1.29 is 23.4 Å². The number of ketones is 1. The largest absolute Gasteiger partial charge is 0.490 e. The van der Waals surface area contributed by atoms with Gasteiger partial charge < -0.3 is 40.6 Å². The number of nitrogens with one attached hydrogen (secondary N) is 3. The fourth-order valence-electron chi connectivity index (χ4n) is 6.54. The Labute approximate surface area is 280 Å². The summed E-state index contributed by atoms with van der Waals surface area (Å²) in [5.74, 6) is 0.968. The van der Waals surface area contributed by atoms with Crippen molar-refractivity contribution in [1.82, 2.24) is 9.88 Å². The minimum absolute atomic E-state index is 0.0175. The van der Waals surface area contributed by atoms with E-state index >= 15 is 0 Å². The van der Waals surface area contributed by atoms with Crippen LogP contribution in [0.1, 0.15) is 67.1 Å². The number of hydrogen-bond donors (Lipinski definition) is 4. The van der Waals surface area contributed by atoms with Crippen LogP contribution >= 0.6 is 0 Å². The fraction of sp³-hybridized carbons (Fsp3) is 0.368. The average molecular weight is 654 g/mol. The zero-order valence-electron chi connectivity index (χ0n) is 27.8. The van der Waals surface area contributed by atoms with Crippen LogP contribution in [0.25, 0.3) is 10.9 Å². The third kappa shape index (κ3) is 7.40. The smallest absolute Gasteiger partial charge is 0.214 e. The molecule has 3 aromatic carbocycles. The number of anilines is 1. The number of hydrogen-bond acceptors (Lipinski definition) is 8. The second-order valence-corrected chi connectivity index (χ2v) is 12.9. The van der Waals surface area contributed by atoms with E-state index in [0.29, 0.717) is 42.3 Å². The van der Waals surface area contributed by atoms with E-state index in [-0.39, 0.29) is 23.2 Å². The van der Waals surface area contributed by atoms with Crippen molar-refractivity contribution in [2.45, 2.75) is 64.5 Å². The number of aromatic nitrogens is 1. The first kappa shape index (κ1) is 33.2. The Hall–Kier alpha value is -4.67. The van der Waals surface area contributed by atoms with E-state index in [0.717, 1.165) is 72.8 Å². The lowest BCUT2D eigenvalue weighted by molar-refractivity contribution is 0.0760. The van der Waals surface area contributed by atoms with Crippen molar-refractivity contribution in [3.05, 3.63) is 94.7 Å². The Morgan fingerprint density at radius 2 is 1.79 bits per heavy atom. The summed E-state index contributed by atoms with van der Waals surface area (Å²) in [6.07, 6.45) is 4.88. The number of halogens is 1. The zero-order valence-corrected chi connectivity index (χ0v) is 27.8. The fourth-order valence-corrected chi connectivity index (χ4v) is 6.54. The normalized spacial score (nSPS) is 16.9. The molecule has 0 spiro atoms. The molecule has 48 heavy (non-hydrogen) atoms. The standard InChI is InChI=1S/C38H44FN5O4/c1-23(2)44-14-10-28(11-15-44)47-36-20-26-19-33(43-32(26)21-29(36)25-12-16-46-17-13-25)37(45)30(22-40)38(41)42-27-8-9-34(24(3)18-27)48-35-7-5-4-6-31(35)39/h4-9,18-23,25,28,40,42-43H,10-17,41H2,1-3H3/b38-30+,40-22?. The third-order valence-electron chi connectivity index (χ3n) is 9.35. The Kier molecular flexibility index (Phi) is 10.1. The van der Waals surface area contributed by atoms with Gasteiger partial charge in [0.1, 0.15) is 23.4 Å². The van der Waals surface area contributed by atoms with Crippen LogP contribution in [0.3, 0.4) is 0 Å². The van der Waals surface area contributed by atoms with Gasteiger partial charge in [0.25, 0.3) is 0 Å². The van der Waals surface area contributed by atoms with Gasteiger partial charge in [0.2, 0.25) is 5.78 Å². The summed E-state index contributed by atoms with van der Waals surface area (Å²) in [7, 11) is 0. The molecule has 0 aliphatic carbocycles. The summed E-state index contributed by atoms with van der Waals surface area (Å²) >= 11 is 0. The van der Waals surface area contributed by atoms with E-state index in [2.05, 4.69) is 35.1 Å². The number of H-pyrrole nitrogens is 1. The maximum absolute atomic E-state index is 14.1. The summed E-state index contributed by atoms with van der Waals surface area (Å²) in [5.41, 5.74) is 10.0. The molecule has 5 N–H and O–H groups in total. The van der Waals surface area contributed by atoms with Crippen molar-refractivity contribution in [3.8, 4) is 17.2 Å². The van der Waals surface area contributed by atoms with Crippen molar-refractivity contribution in [2.75, 3.05) is 31.6 Å². The summed E-state index contributed by atoms with van der Waals surface area (Å²) < 4.78 is 32.2. The first-order valence-electron chi connectivity index (χ1n) is 16.7. The Balaban J connectivity index is 1.23. The molecule has 0 unspecified atom stereocenters. The first-order valence-corrected chi connectivity index (χ1v) is 16.7. The second kappa shape index (κ2) is 14.6. The van der Waals surface area contributed by atoms with Gasteiger partial charge in [0.05, 0.1) is 11.3 Å². The predicted octanol–water partition coefficient (Wildman–Crippen LogP) is 7.67. The number of carbonyl (C=O) groups excluding carboxylic acids is 1. The van der Waals surface area contributed by atoms with Crippen molar-refractivity contribution in [3.63, 3.8) is 0 Å². The number of ether oxygens (including phenoxy) is 3. The Bertz CT molecular complexity index is 1820. The minimum Gasteiger partial charge on any atom is -0.490 e. The van der Waals surface area contributed by atoms with E-state index in [4.69, 9.17) is 25.4 Å². The molecule has 1 aromatic heterocycles. The number of allylic oxidation sites excluding steroid dienone is 1. The SMILES string of the molecule is Cc1cc(N/C(N)=C(\C=N)C(=O)c2cc3cc(OC4CCN(C(C)C)CC4)c(C4CCOCC4)cc3[nH]2)ccc1Oc1ccccc1F. The second-order valence-electron chi connectivity index (χ2n) is 12.9. The zero-order chi connectivity index (χ0) is 33.8. The summed E-state index contributed by atoms with van der Waals surface area (Å²) in [6.45, 7) is 9.75. The molecular weight excluding hydrogens is 609 g/mol. The molecule has 4 aromatic rings. The molecule has 2 fully saturated rings. The van der Waals surface area contributed by atoms with Gasteiger partial charge in [-0.1, -0.05) is 12.1 Å². The van der Waals surface area contributed by atoms with Gasteiger partial charge >= 0.3 is 0 Å². The number of aromatic amines is 1. The highest BCUT2D eigenvalue weighted by Gasteiger charge is 2.27. The Morgan fingerprint density at radius 1 is 1.04 bits per heavy atom. The summed E-state index contributed by atoms with van der Waals surface area (Å²) in [6, 6.07) is 17.9. The molecule has 0 bridgehead atoms. The van der Waals surface area contributed by atoms with Gasteiger partial charge in [-0.3, -0.25) is 4.79 Å². The number of rotatable bonds is 11. The third-order valence-corrected chi connectivity index (χ3v) is 9.35. The average Bonchev–Trinajstić information content (AvgIpc) is 3.50.